The molecular formula is C14H19NO4. The van der Waals surface area contributed by atoms with Crippen LogP contribution in [0.3, 0.4) is 0 Å². The van der Waals surface area contributed by atoms with Crippen molar-refractivity contribution in [2.75, 3.05) is 6.61 Å². The smallest absolute Gasteiger partial charge is 0.357 e. The summed E-state index contributed by atoms with van der Waals surface area (Å²) in [6.07, 6.45) is 1.33. The molecule has 0 aliphatic rings. The van der Waals surface area contributed by atoms with Gasteiger partial charge in [0, 0.05) is 6.20 Å². The van der Waals surface area contributed by atoms with E-state index in [2.05, 4.69) is 4.98 Å². The van der Waals surface area contributed by atoms with Crippen molar-refractivity contribution in [2.45, 2.75) is 40.2 Å². The number of rotatable bonds is 3. The number of hydrogen-bond acceptors (Lipinski definition) is 5. The molecule has 0 saturated carbocycles. The van der Waals surface area contributed by atoms with Gasteiger partial charge in [-0.3, -0.25) is 0 Å². The van der Waals surface area contributed by atoms with Gasteiger partial charge in [-0.15, -0.1) is 0 Å². The first-order valence-corrected chi connectivity index (χ1v) is 6.11. The standard InChI is InChI=1S/C14H19NO4/c1-6-18-13(17)11-9(2)7-10(8-15-11)12(16)19-14(3,4)5/h7-8H,6H2,1-5H3. The summed E-state index contributed by atoms with van der Waals surface area (Å²) >= 11 is 0. The van der Waals surface area contributed by atoms with Gasteiger partial charge in [0.2, 0.25) is 0 Å². The van der Waals surface area contributed by atoms with Crippen LogP contribution in [0.1, 0.15) is 54.1 Å². The van der Waals surface area contributed by atoms with Crippen molar-refractivity contribution in [1.29, 1.82) is 0 Å². The summed E-state index contributed by atoms with van der Waals surface area (Å²) in [5.41, 5.74) is 0.557. The second kappa shape index (κ2) is 5.82. The van der Waals surface area contributed by atoms with Gasteiger partial charge in [0.1, 0.15) is 5.60 Å². The van der Waals surface area contributed by atoms with Crippen molar-refractivity contribution in [3.8, 4) is 0 Å². The molecule has 0 fully saturated rings. The van der Waals surface area contributed by atoms with Gasteiger partial charge >= 0.3 is 11.9 Å². The Hall–Kier alpha value is -1.91. The van der Waals surface area contributed by atoms with Crippen LogP contribution in [0.2, 0.25) is 0 Å². The highest BCUT2D eigenvalue weighted by molar-refractivity contribution is 5.92. The summed E-state index contributed by atoms with van der Waals surface area (Å²) < 4.78 is 10.1. The van der Waals surface area contributed by atoms with Crippen LogP contribution in [0.5, 0.6) is 0 Å². The lowest BCUT2D eigenvalue weighted by Gasteiger charge is -2.19. The van der Waals surface area contributed by atoms with Gasteiger partial charge in [0.25, 0.3) is 0 Å². The number of hydrogen-bond donors (Lipinski definition) is 0. The Labute approximate surface area is 112 Å². The molecule has 0 bridgehead atoms. The van der Waals surface area contributed by atoms with Gasteiger partial charge < -0.3 is 9.47 Å². The summed E-state index contributed by atoms with van der Waals surface area (Å²) in [5, 5.41) is 0. The summed E-state index contributed by atoms with van der Waals surface area (Å²) in [6, 6.07) is 1.58. The first kappa shape index (κ1) is 15.1. The Morgan fingerprint density at radius 2 is 1.89 bits per heavy atom. The van der Waals surface area contributed by atoms with E-state index in [1.54, 1.807) is 40.7 Å². The van der Waals surface area contributed by atoms with Gasteiger partial charge in [-0.05, 0) is 46.2 Å². The van der Waals surface area contributed by atoms with Crippen molar-refractivity contribution in [3.05, 3.63) is 29.1 Å². The topological polar surface area (TPSA) is 65.5 Å². The van der Waals surface area contributed by atoms with E-state index in [0.29, 0.717) is 11.1 Å². The van der Waals surface area contributed by atoms with E-state index >= 15 is 0 Å². The van der Waals surface area contributed by atoms with Crippen molar-refractivity contribution in [2.24, 2.45) is 0 Å². The van der Waals surface area contributed by atoms with E-state index in [4.69, 9.17) is 9.47 Å². The molecule has 0 unspecified atom stereocenters. The van der Waals surface area contributed by atoms with E-state index in [1.165, 1.54) is 6.20 Å². The largest absolute Gasteiger partial charge is 0.461 e. The molecule has 1 rings (SSSR count). The zero-order valence-corrected chi connectivity index (χ0v) is 11.9. The molecule has 1 heterocycles. The molecule has 0 radical (unpaired) electrons. The zero-order valence-electron chi connectivity index (χ0n) is 11.9. The summed E-state index contributed by atoms with van der Waals surface area (Å²) in [4.78, 5) is 27.4. The third kappa shape index (κ3) is 4.35. The van der Waals surface area contributed by atoms with E-state index < -0.39 is 17.5 Å². The SMILES string of the molecule is CCOC(=O)c1ncc(C(=O)OC(C)(C)C)cc1C. The molecule has 0 aromatic carbocycles. The average molecular weight is 265 g/mol. The first-order valence-electron chi connectivity index (χ1n) is 6.11. The number of esters is 2. The summed E-state index contributed by atoms with van der Waals surface area (Å²) in [7, 11) is 0. The maximum atomic E-state index is 11.8. The van der Waals surface area contributed by atoms with Crippen LogP contribution in [0.4, 0.5) is 0 Å². The van der Waals surface area contributed by atoms with Crippen molar-refractivity contribution in [1.82, 2.24) is 4.98 Å². The highest BCUT2D eigenvalue weighted by atomic mass is 16.6. The van der Waals surface area contributed by atoms with Gasteiger partial charge in [-0.25, -0.2) is 14.6 Å². The molecule has 1 aromatic heterocycles. The van der Waals surface area contributed by atoms with Gasteiger partial charge in [-0.2, -0.15) is 0 Å². The van der Waals surface area contributed by atoms with Gasteiger partial charge in [0.05, 0.1) is 12.2 Å². The fourth-order valence-corrected chi connectivity index (χ4v) is 1.44. The number of aromatic nitrogens is 1. The minimum absolute atomic E-state index is 0.217. The molecule has 5 nitrogen and oxygen atoms in total. The number of carbonyl (C=O) groups is 2. The third-order valence-corrected chi connectivity index (χ3v) is 2.18. The molecule has 0 atom stereocenters. The molecule has 0 spiro atoms. The molecule has 0 amide bonds. The molecule has 0 aliphatic heterocycles. The van der Waals surface area contributed by atoms with E-state index in [-0.39, 0.29) is 12.3 Å². The minimum Gasteiger partial charge on any atom is -0.461 e. The molecule has 5 heteroatoms. The summed E-state index contributed by atoms with van der Waals surface area (Å²) in [5.74, 6) is -0.950. The van der Waals surface area contributed by atoms with Gasteiger partial charge in [-0.1, -0.05) is 0 Å². The summed E-state index contributed by atoms with van der Waals surface area (Å²) in [6.45, 7) is 9.08. The van der Waals surface area contributed by atoms with Crippen LogP contribution in [-0.2, 0) is 9.47 Å². The number of ether oxygens (including phenoxy) is 2. The van der Waals surface area contributed by atoms with Crippen molar-refractivity contribution in [3.63, 3.8) is 0 Å². The lowest BCUT2D eigenvalue weighted by molar-refractivity contribution is 0.00682. The Bertz CT molecular complexity index is 489. The Morgan fingerprint density at radius 3 is 2.37 bits per heavy atom. The number of carbonyl (C=O) groups excluding carboxylic acids is 2. The fraction of sp³-hybridized carbons (Fsp3) is 0.500. The highest BCUT2D eigenvalue weighted by Crippen LogP contribution is 2.14. The maximum Gasteiger partial charge on any atom is 0.357 e. The molecule has 1 aromatic rings. The molecule has 104 valence electrons. The Kier molecular flexibility index (Phi) is 4.64. The quantitative estimate of drug-likeness (QED) is 0.786. The third-order valence-electron chi connectivity index (χ3n) is 2.18. The maximum absolute atomic E-state index is 11.8. The molecule has 19 heavy (non-hydrogen) atoms. The lowest BCUT2D eigenvalue weighted by Crippen LogP contribution is -2.24. The predicted molar refractivity (Wildman–Crippen MR) is 70.1 cm³/mol. The van der Waals surface area contributed by atoms with Crippen LogP contribution in [-0.4, -0.2) is 29.1 Å². The van der Waals surface area contributed by atoms with Crippen LogP contribution in [0.15, 0.2) is 12.3 Å². The molecule has 0 saturated heterocycles. The Morgan fingerprint density at radius 1 is 1.26 bits per heavy atom. The monoisotopic (exact) mass is 265 g/mol. The van der Waals surface area contributed by atoms with Crippen molar-refractivity contribution < 1.29 is 19.1 Å². The second-order valence-corrected chi connectivity index (χ2v) is 5.11. The average Bonchev–Trinajstić information content (AvgIpc) is 2.26. The number of pyridine rings is 1. The van der Waals surface area contributed by atoms with Crippen LogP contribution >= 0.6 is 0 Å². The predicted octanol–water partition coefficient (Wildman–Crippen LogP) is 2.52. The second-order valence-electron chi connectivity index (χ2n) is 5.11. The fourth-order valence-electron chi connectivity index (χ4n) is 1.44. The first-order chi connectivity index (χ1) is 8.74. The zero-order chi connectivity index (χ0) is 14.6. The number of aryl methyl sites for hydroxylation is 1. The van der Waals surface area contributed by atoms with Crippen LogP contribution in [0.25, 0.3) is 0 Å². The van der Waals surface area contributed by atoms with E-state index in [0.717, 1.165) is 0 Å². The van der Waals surface area contributed by atoms with Gasteiger partial charge in [0.15, 0.2) is 5.69 Å². The number of nitrogens with zero attached hydrogens (tertiary/aromatic N) is 1. The Balaban J connectivity index is 2.94. The van der Waals surface area contributed by atoms with Crippen LogP contribution < -0.4 is 0 Å². The lowest BCUT2D eigenvalue weighted by atomic mass is 10.1. The molecule has 0 N–H and O–H groups in total. The van der Waals surface area contributed by atoms with E-state index in [1.807, 2.05) is 0 Å². The van der Waals surface area contributed by atoms with E-state index in [9.17, 15) is 9.59 Å². The normalized spacial score (nSPS) is 11.0. The highest BCUT2D eigenvalue weighted by Gasteiger charge is 2.20. The molecule has 0 aliphatic carbocycles. The minimum atomic E-state index is -0.565. The van der Waals surface area contributed by atoms with Crippen molar-refractivity contribution >= 4 is 11.9 Å². The van der Waals surface area contributed by atoms with Crippen LogP contribution in [0, 0.1) is 6.92 Å². The molecular weight excluding hydrogens is 246 g/mol.